The van der Waals surface area contributed by atoms with Gasteiger partial charge in [0.2, 0.25) is 5.91 Å². The van der Waals surface area contributed by atoms with Crippen LogP contribution in [0.5, 0.6) is 0 Å². The molecule has 1 aromatic heterocycles. The van der Waals surface area contributed by atoms with Crippen LogP contribution in [0.25, 0.3) is 10.2 Å². The molecule has 0 aliphatic rings. The smallest absolute Gasteiger partial charge is 0.325 e. The molecule has 130 valence electrons. The Morgan fingerprint density at radius 2 is 1.96 bits per heavy atom. The number of carbonyl (C=O) groups is 1. The molecule has 0 saturated heterocycles. The van der Waals surface area contributed by atoms with Crippen molar-refractivity contribution in [1.82, 2.24) is 4.98 Å². The highest BCUT2D eigenvalue weighted by Crippen LogP contribution is 2.30. The molecule has 0 spiro atoms. The SMILES string of the molecule is O=C(CSCc1nc2ccccc2s1)Nc1cccc(C(F)(F)F)c1. The van der Waals surface area contributed by atoms with Gasteiger partial charge in [0.15, 0.2) is 0 Å². The Morgan fingerprint density at radius 1 is 1.16 bits per heavy atom. The van der Waals surface area contributed by atoms with E-state index in [-0.39, 0.29) is 17.3 Å². The number of para-hydroxylation sites is 1. The first-order valence-corrected chi connectivity index (χ1v) is 9.28. The number of aromatic nitrogens is 1. The van der Waals surface area contributed by atoms with E-state index in [2.05, 4.69) is 10.3 Å². The molecule has 1 N–H and O–H groups in total. The normalized spacial score (nSPS) is 11.6. The van der Waals surface area contributed by atoms with Gasteiger partial charge in [-0.1, -0.05) is 18.2 Å². The molecule has 0 unspecified atom stereocenters. The summed E-state index contributed by atoms with van der Waals surface area (Å²) in [6.07, 6.45) is -4.43. The molecule has 0 fully saturated rings. The maximum Gasteiger partial charge on any atom is 0.416 e. The van der Waals surface area contributed by atoms with Crippen molar-refractivity contribution in [1.29, 1.82) is 0 Å². The molecule has 1 amide bonds. The number of nitrogens with one attached hydrogen (secondary N) is 1. The van der Waals surface area contributed by atoms with E-state index in [0.717, 1.165) is 27.4 Å². The summed E-state index contributed by atoms with van der Waals surface area (Å²) < 4.78 is 39.1. The minimum Gasteiger partial charge on any atom is -0.325 e. The van der Waals surface area contributed by atoms with E-state index < -0.39 is 11.7 Å². The third-order valence-corrected chi connectivity index (χ3v) is 5.43. The Labute approximate surface area is 150 Å². The Kier molecular flexibility index (Phi) is 5.29. The van der Waals surface area contributed by atoms with Gasteiger partial charge in [-0.2, -0.15) is 13.2 Å². The summed E-state index contributed by atoms with van der Waals surface area (Å²) >= 11 is 2.94. The van der Waals surface area contributed by atoms with Gasteiger partial charge in [0, 0.05) is 11.4 Å². The van der Waals surface area contributed by atoms with Gasteiger partial charge < -0.3 is 5.32 Å². The molecule has 3 rings (SSSR count). The van der Waals surface area contributed by atoms with Crippen molar-refractivity contribution in [3.8, 4) is 0 Å². The van der Waals surface area contributed by atoms with E-state index in [1.165, 1.54) is 23.9 Å². The summed E-state index contributed by atoms with van der Waals surface area (Å²) in [6, 6.07) is 12.4. The monoisotopic (exact) mass is 382 g/mol. The Bertz CT molecular complexity index is 860. The van der Waals surface area contributed by atoms with E-state index in [1.54, 1.807) is 11.3 Å². The van der Waals surface area contributed by atoms with Gasteiger partial charge in [0.05, 0.1) is 21.5 Å². The summed E-state index contributed by atoms with van der Waals surface area (Å²) in [5.41, 5.74) is 0.282. The van der Waals surface area contributed by atoms with E-state index >= 15 is 0 Å². The minimum atomic E-state index is -4.43. The molecule has 0 bridgehead atoms. The van der Waals surface area contributed by atoms with Crippen molar-refractivity contribution in [3.63, 3.8) is 0 Å². The van der Waals surface area contributed by atoms with Crippen LogP contribution >= 0.6 is 23.1 Å². The fourth-order valence-electron chi connectivity index (χ4n) is 2.18. The highest BCUT2D eigenvalue weighted by atomic mass is 32.2. The quantitative estimate of drug-likeness (QED) is 0.661. The number of halogens is 3. The number of alkyl halides is 3. The van der Waals surface area contributed by atoms with E-state index in [1.807, 2.05) is 24.3 Å². The summed E-state index contributed by atoms with van der Waals surface area (Å²) in [4.78, 5) is 16.4. The lowest BCUT2D eigenvalue weighted by atomic mass is 10.2. The highest BCUT2D eigenvalue weighted by molar-refractivity contribution is 7.99. The van der Waals surface area contributed by atoms with Crippen LogP contribution in [0.3, 0.4) is 0 Å². The third kappa shape index (κ3) is 4.73. The zero-order valence-corrected chi connectivity index (χ0v) is 14.5. The van der Waals surface area contributed by atoms with Crippen LogP contribution in [0.15, 0.2) is 48.5 Å². The summed E-state index contributed by atoms with van der Waals surface area (Å²) in [5.74, 6) is 0.382. The number of carbonyl (C=O) groups excluding carboxylic acids is 1. The van der Waals surface area contributed by atoms with Crippen LogP contribution in [-0.2, 0) is 16.7 Å². The molecule has 8 heteroatoms. The summed E-state index contributed by atoms with van der Waals surface area (Å²) in [6.45, 7) is 0. The molecule has 3 aromatic rings. The number of nitrogens with zero attached hydrogens (tertiary/aromatic N) is 1. The van der Waals surface area contributed by atoms with Gasteiger partial charge in [0.1, 0.15) is 5.01 Å². The van der Waals surface area contributed by atoms with Crippen LogP contribution in [-0.4, -0.2) is 16.6 Å². The maximum absolute atomic E-state index is 12.7. The van der Waals surface area contributed by atoms with Crippen LogP contribution in [0.4, 0.5) is 18.9 Å². The fraction of sp³-hybridized carbons (Fsp3) is 0.176. The van der Waals surface area contributed by atoms with Crippen molar-refractivity contribution in [2.45, 2.75) is 11.9 Å². The Hall–Kier alpha value is -2.06. The first kappa shape index (κ1) is 17.8. The second-order valence-electron chi connectivity index (χ2n) is 5.19. The number of anilines is 1. The molecule has 1 heterocycles. The number of thioether (sulfide) groups is 1. The Balaban J connectivity index is 1.53. The minimum absolute atomic E-state index is 0.139. The molecular weight excluding hydrogens is 369 g/mol. The topological polar surface area (TPSA) is 42.0 Å². The van der Waals surface area contributed by atoms with Crippen molar-refractivity contribution < 1.29 is 18.0 Å². The Morgan fingerprint density at radius 3 is 2.72 bits per heavy atom. The molecule has 2 aromatic carbocycles. The first-order chi connectivity index (χ1) is 11.9. The average Bonchev–Trinajstić information content (AvgIpc) is 2.97. The zero-order chi connectivity index (χ0) is 17.9. The third-order valence-electron chi connectivity index (χ3n) is 3.27. The molecule has 3 nitrogen and oxygen atoms in total. The molecule has 0 aliphatic heterocycles. The fourth-order valence-corrected chi connectivity index (χ4v) is 4.03. The number of thiazole rings is 1. The standard InChI is InChI=1S/C17H13F3N2OS2/c18-17(19,20)11-4-3-5-12(8-11)21-15(23)9-24-10-16-22-13-6-1-2-7-14(13)25-16/h1-8H,9-10H2,(H,21,23). The highest BCUT2D eigenvalue weighted by Gasteiger charge is 2.30. The number of hydrogen-bond donors (Lipinski definition) is 1. The van der Waals surface area contributed by atoms with Crippen molar-refractivity contribution >= 4 is 44.9 Å². The lowest BCUT2D eigenvalue weighted by molar-refractivity contribution is -0.137. The van der Waals surface area contributed by atoms with Crippen LogP contribution in [0.2, 0.25) is 0 Å². The number of fused-ring (bicyclic) bond motifs is 1. The lowest BCUT2D eigenvalue weighted by Crippen LogP contribution is -2.15. The van der Waals surface area contributed by atoms with Crippen molar-refractivity contribution in [2.75, 3.05) is 11.1 Å². The van der Waals surface area contributed by atoms with Gasteiger partial charge in [-0.05, 0) is 30.3 Å². The molecule has 25 heavy (non-hydrogen) atoms. The van der Waals surface area contributed by atoms with E-state index in [4.69, 9.17) is 0 Å². The average molecular weight is 382 g/mol. The van der Waals surface area contributed by atoms with E-state index in [0.29, 0.717) is 5.75 Å². The van der Waals surface area contributed by atoms with Crippen molar-refractivity contribution in [2.24, 2.45) is 0 Å². The molecular formula is C17H13F3N2OS2. The number of benzene rings is 2. The second-order valence-corrected chi connectivity index (χ2v) is 7.30. The van der Waals surface area contributed by atoms with Gasteiger partial charge in [-0.3, -0.25) is 4.79 Å². The van der Waals surface area contributed by atoms with Crippen LogP contribution < -0.4 is 5.32 Å². The molecule has 0 radical (unpaired) electrons. The first-order valence-electron chi connectivity index (χ1n) is 7.31. The predicted octanol–water partition coefficient (Wildman–Crippen LogP) is 5.19. The number of amides is 1. The van der Waals surface area contributed by atoms with Crippen LogP contribution in [0, 0.1) is 0 Å². The predicted molar refractivity (Wildman–Crippen MR) is 95.9 cm³/mol. The second kappa shape index (κ2) is 7.45. The van der Waals surface area contributed by atoms with Gasteiger partial charge >= 0.3 is 6.18 Å². The summed E-state index contributed by atoms with van der Waals surface area (Å²) in [7, 11) is 0. The van der Waals surface area contributed by atoms with Gasteiger partial charge in [-0.15, -0.1) is 23.1 Å². The van der Waals surface area contributed by atoms with Crippen molar-refractivity contribution in [3.05, 3.63) is 59.1 Å². The maximum atomic E-state index is 12.7. The van der Waals surface area contributed by atoms with Gasteiger partial charge in [-0.25, -0.2) is 4.98 Å². The summed E-state index contributed by atoms with van der Waals surface area (Å²) in [5, 5.41) is 3.41. The van der Waals surface area contributed by atoms with Gasteiger partial charge in [0.25, 0.3) is 0 Å². The molecule has 0 atom stereocenters. The lowest BCUT2D eigenvalue weighted by Gasteiger charge is -2.09. The van der Waals surface area contributed by atoms with E-state index in [9.17, 15) is 18.0 Å². The molecule has 0 aliphatic carbocycles. The largest absolute Gasteiger partial charge is 0.416 e. The number of hydrogen-bond acceptors (Lipinski definition) is 4. The zero-order valence-electron chi connectivity index (χ0n) is 12.8. The van der Waals surface area contributed by atoms with Crippen LogP contribution in [0.1, 0.15) is 10.6 Å². The number of rotatable bonds is 5. The molecule has 0 saturated carbocycles.